The molecule has 0 spiro atoms. The maximum atomic E-state index is 5.60. The van der Waals surface area contributed by atoms with Crippen molar-refractivity contribution in [3.63, 3.8) is 0 Å². The number of nitrogens with one attached hydrogen (secondary N) is 1. The van der Waals surface area contributed by atoms with Crippen molar-refractivity contribution >= 4 is 17.8 Å². The molecule has 2 aliphatic heterocycles. The lowest BCUT2D eigenvalue weighted by Crippen LogP contribution is -3.06. The first-order chi connectivity index (χ1) is 12.7. The van der Waals surface area contributed by atoms with E-state index in [0.717, 1.165) is 28.2 Å². The van der Waals surface area contributed by atoms with Crippen molar-refractivity contribution in [2.24, 2.45) is 0 Å². The van der Waals surface area contributed by atoms with Gasteiger partial charge in [0.15, 0.2) is 23.0 Å². The minimum Gasteiger partial charge on any atom is -0.493 e. The molecular formula is C21H20NO4+. The van der Waals surface area contributed by atoms with Crippen molar-refractivity contribution < 1.29 is 23.8 Å². The maximum absolute atomic E-state index is 5.60. The van der Waals surface area contributed by atoms with E-state index in [2.05, 4.69) is 43.6 Å². The summed E-state index contributed by atoms with van der Waals surface area (Å²) < 4.78 is 22.1. The van der Waals surface area contributed by atoms with Gasteiger partial charge >= 0.3 is 0 Å². The predicted molar refractivity (Wildman–Crippen MR) is 97.9 cm³/mol. The van der Waals surface area contributed by atoms with Crippen molar-refractivity contribution in [1.82, 2.24) is 0 Å². The van der Waals surface area contributed by atoms with Crippen LogP contribution >= 0.6 is 0 Å². The molecule has 5 rings (SSSR count). The maximum Gasteiger partial charge on any atom is 0.231 e. The smallest absolute Gasteiger partial charge is 0.231 e. The van der Waals surface area contributed by atoms with E-state index in [1.54, 1.807) is 14.2 Å². The molecule has 0 aromatic heterocycles. The second kappa shape index (κ2) is 5.54. The number of hydrogen-bond acceptors (Lipinski definition) is 4. The minimum absolute atomic E-state index is 0.204. The average molecular weight is 350 g/mol. The zero-order chi connectivity index (χ0) is 17.8. The van der Waals surface area contributed by atoms with Crippen LogP contribution in [0.1, 0.15) is 17.2 Å². The van der Waals surface area contributed by atoms with Crippen LogP contribution in [0.2, 0.25) is 0 Å². The van der Waals surface area contributed by atoms with Gasteiger partial charge < -0.3 is 23.8 Å². The number of hydrogen-bond donors (Lipinski definition) is 1. The average Bonchev–Trinajstić information content (AvgIpc) is 3.12. The predicted octanol–water partition coefficient (Wildman–Crippen LogP) is 0.618. The molecule has 0 saturated carbocycles. The van der Waals surface area contributed by atoms with E-state index in [1.165, 1.54) is 26.8 Å². The van der Waals surface area contributed by atoms with Gasteiger partial charge in [0.1, 0.15) is 12.2 Å². The lowest BCUT2D eigenvalue weighted by atomic mass is 9.85. The molecule has 2 unspecified atom stereocenters. The summed E-state index contributed by atoms with van der Waals surface area (Å²) in [6.45, 7) is 0.290. The molecule has 0 bridgehead atoms. The molecule has 2 aromatic carbocycles. The van der Waals surface area contributed by atoms with Crippen molar-refractivity contribution in [2.45, 2.75) is 6.04 Å². The van der Waals surface area contributed by atoms with E-state index in [1.807, 2.05) is 6.07 Å². The van der Waals surface area contributed by atoms with Crippen molar-refractivity contribution in [3.05, 3.63) is 51.9 Å². The highest BCUT2D eigenvalue weighted by atomic mass is 16.7. The van der Waals surface area contributed by atoms with Crippen LogP contribution in [0, 0.1) is 0 Å². The molecule has 2 aromatic rings. The number of benzene rings is 2. The Morgan fingerprint density at radius 1 is 0.962 bits per heavy atom. The van der Waals surface area contributed by atoms with Gasteiger partial charge in [-0.3, -0.25) is 0 Å². The molecule has 0 radical (unpaired) electrons. The van der Waals surface area contributed by atoms with E-state index in [0.29, 0.717) is 0 Å². The largest absolute Gasteiger partial charge is 0.493 e. The summed E-state index contributed by atoms with van der Waals surface area (Å²) in [5.41, 5.74) is 3.70. The zero-order valence-electron chi connectivity index (χ0n) is 15.0. The summed E-state index contributed by atoms with van der Waals surface area (Å²) >= 11 is 0. The van der Waals surface area contributed by atoms with E-state index >= 15 is 0 Å². The van der Waals surface area contributed by atoms with Crippen LogP contribution in [0.5, 0.6) is 23.0 Å². The molecule has 1 N–H and O–H groups in total. The van der Waals surface area contributed by atoms with E-state index in [9.17, 15) is 0 Å². The Balaban J connectivity index is 1.78. The topological polar surface area (TPSA) is 41.4 Å². The molecule has 2 atom stereocenters. The number of quaternary nitrogens is 1. The third-order valence-corrected chi connectivity index (χ3v) is 5.35. The van der Waals surface area contributed by atoms with Gasteiger partial charge in [0.05, 0.1) is 21.3 Å². The first-order valence-electron chi connectivity index (χ1n) is 8.62. The molecule has 2 heterocycles. The molecular weight excluding hydrogens is 330 g/mol. The van der Waals surface area contributed by atoms with Crippen LogP contribution in [0.3, 0.4) is 0 Å². The number of methoxy groups -OCH3 is 2. The minimum atomic E-state index is 0.204. The number of fused-ring (bicyclic) bond motifs is 5. The van der Waals surface area contributed by atoms with Crippen LogP contribution in [0.15, 0.2) is 30.3 Å². The SMILES string of the molecule is COc1cc2c(cc1OC)=C1C=Cc3cc4c(cc3C1[NH+](C)C=2)OCO4. The highest BCUT2D eigenvalue weighted by molar-refractivity contribution is 5.80. The third-order valence-electron chi connectivity index (χ3n) is 5.35. The Kier molecular flexibility index (Phi) is 3.27. The van der Waals surface area contributed by atoms with E-state index in [4.69, 9.17) is 18.9 Å². The molecule has 26 heavy (non-hydrogen) atoms. The first-order valence-corrected chi connectivity index (χ1v) is 8.62. The fourth-order valence-corrected chi connectivity index (χ4v) is 4.14. The Bertz CT molecular complexity index is 1070. The molecule has 5 nitrogen and oxygen atoms in total. The number of ether oxygens (including phenoxy) is 4. The Morgan fingerprint density at radius 2 is 1.69 bits per heavy atom. The van der Waals surface area contributed by atoms with Gasteiger partial charge in [-0.1, -0.05) is 12.2 Å². The molecule has 132 valence electrons. The summed E-state index contributed by atoms with van der Waals surface area (Å²) in [6.07, 6.45) is 6.59. The summed E-state index contributed by atoms with van der Waals surface area (Å²) in [7, 11) is 5.51. The zero-order valence-corrected chi connectivity index (χ0v) is 15.0. The lowest BCUT2D eigenvalue weighted by Gasteiger charge is -2.30. The summed E-state index contributed by atoms with van der Waals surface area (Å²) in [5, 5.41) is 2.33. The molecule has 3 aliphatic rings. The second-order valence-corrected chi connectivity index (χ2v) is 6.74. The molecule has 1 aliphatic carbocycles. The van der Waals surface area contributed by atoms with E-state index in [-0.39, 0.29) is 12.8 Å². The highest BCUT2D eigenvalue weighted by Crippen LogP contribution is 2.40. The summed E-state index contributed by atoms with van der Waals surface area (Å²) in [6, 6.07) is 8.51. The van der Waals surface area contributed by atoms with Crippen LogP contribution in [-0.4, -0.2) is 28.1 Å². The fraction of sp³-hybridized carbons (Fsp3) is 0.238. The van der Waals surface area contributed by atoms with Gasteiger partial charge in [-0.15, -0.1) is 0 Å². The van der Waals surface area contributed by atoms with Crippen LogP contribution in [0.4, 0.5) is 0 Å². The van der Waals surface area contributed by atoms with Gasteiger partial charge in [0.25, 0.3) is 0 Å². The molecule has 0 fully saturated rings. The summed E-state index contributed by atoms with van der Waals surface area (Å²) in [5.74, 6) is 3.14. The monoisotopic (exact) mass is 350 g/mol. The molecule has 5 heteroatoms. The first kappa shape index (κ1) is 15.3. The van der Waals surface area contributed by atoms with Gasteiger partial charge in [-0.05, 0) is 29.8 Å². The van der Waals surface area contributed by atoms with E-state index < -0.39 is 0 Å². The molecule has 0 amide bonds. The summed E-state index contributed by atoms with van der Waals surface area (Å²) in [4.78, 5) is 1.30. The van der Waals surface area contributed by atoms with Crippen LogP contribution in [-0.2, 0) is 0 Å². The molecule has 0 saturated heterocycles. The standard InChI is InChI=1S/C21H19NO4/c1-22-10-13-7-17(23-2)18(24-3)8-15(13)14-5-4-12-6-19-20(26-11-25-19)9-16(12)21(14)22/h4-10,21H,11H2,1-3H3/p+1. The Labute approximate surface area is 151 Å². The van der Waals surface area contributed by atoms with Gasteiger partial charge in [0, 0.05) is 21.6 Å². The Morgan fingerprint density at radius 3 is 2.46 bits per heavy atom. The normalized spacial score (nSPS) is 21.4. The number of rotatable bonds is 2. The van der Waals surface area contributed by atoms with Crippen molar-refractivity contribution in [1.29, 1.82) is 0 Å². The quantitative estimate of drug-likeness (QED) is 0.862. The van der Waals surface area contributed by atoms with Crippen molar-refractivity contribution in [2.75, 3.05) is 28.1 Å². The fourth-order valence-electron chi connectivity index (χ4n) is 4.14. The van der Waals surface area contributed by atoms with Crippen LogP contribution in [0.25, 0.3) is 17.8 Å². The van der Waals surface area contributed by atoms with Crippen molar-refractivity contribution in [3.8, 4) is 23.0 Å². The van der Waals surface area contributed by atoms with Gasteiger partial charge in [-0.2, -0.15) is 0 Å². The second-order valence-electron chi connectivity index (χ2n) is 6.74. The Hall–Kier alpha value is -2.92. The van der Waals surface area contributed by atoms with Gasteiger partial charge in [-0.25, -0.2) is 0 Å². The van der Waals surface area contributed by atoms with Gasteiger partial charge in [0.2, 0.25) is 6.79 Å². The van der Waals surface area contributed by atoms with Crippen LogP contribution < -0.4 is 34.3 Å². The lowest BCUT2D eigenvalue weighted by molar-refractivity contribution is -0.821. The highest BCUT2D eigenvalue weighted by Gasteiger charge is 2.33. The third kappa shape index (κ3) is 2.07.